The van der Waals surface area contributed by atoms with E-state index in [1.54, 1.807) is 6.08 Å². The summed E-state index contributed by atoms with van der Waals surface area (Å²) in [7, 11) is 0. The first-order valence-corrected chi connectivity index (χ1v) is 7.86. The molecule has 2 unspecified atom stereocenters. The number of aldehydes is 1. The molecule has 0 aromatic heterocycles. The molecule has 5 heteroatoms. The Balaban J connectivity index is 3.09. The quantitative estimate of drug-likeness (QED) is 0.471. The van der Waals surface area contributed by atoms with Crippen LogP contribution in [0.5, 0.6) is 0 Å². The van der Waals surface area contributed by atoms with Gasteiger partial charge in [0.1, 0.15) is 6.29 Å². The van der Waals surface area contributed by atoms with Crippen molar-refractivity contribution in [3.63, 3.8) is 0 Å². The second-order valence-electron chi connectivity index (χ2n) is 7.80. The third kappa shape index (κ3) is 4.17. The Morgan fingerprint density at radius 2 is 1.86 bits per heavy atom. The minimum Gasteiger partial charge on any atom is -0.481 e. The second kappa shape index (κ2) is 6.92. The molecular formula is C17H30N2O3. The van der Waals surface area contributed by atoms with E-state index in [0.717, 1.165) is 12.8 Å². The fourth-order valence-electron chi connectivity index (χ4n) is 4.14. The largest absolute Gasteiger partial charge is 0.481 e. The van der Waals surface area contributed by atoms with Gasteiger partial charge in [-0.1, -0.05) is 33.8 Å². The van der Waals surface area contributed by atoms with Gasteiger partial charge in [-0.2, -0.15) is 0 Å². The standard InChI is InChI=1S/C17H30N2O3/c1-6-12(18)14(19-11(10-20)9-13(21)22)15-16(2,3)7-8-17(15,4)5/h6,10-12,14-15,19H,1,7-9,18H2,2-5H3,(H,21,22)/t11-,12?,14?/m1/s1. The smallest absolute Gasteiger partial charge is 0.305 e. The summed E-state index contributed by atoms with van der Waals surface area (Å²) in [5.41, 5.74) is 6.36. The zero-order valence-electron chi connectivity index (χ0n) is 14.1. The maximum absolute atomic E-state index is 11.2. The highest BCUT2D eigenvalue weighted by Crippen LogP contribution is 2.55. The van der Waals surface area contributed by atoms with E-state index in [0.29, 0.717) is 6.29 Å². The second-order valence-corrected chi connectivity index (χ2v) is 7.80. The molecule has 0 spiro atoms. The molecule has 0 saturated heterocycles. The molecule has 1 aliphatic carbocycles. The molecule has 0 aliphatic heterocycles. The molecule has 0 bridgehead atoms. The molecule has 22 heavy (non-hydrogen) atoms. The van der Waals surface area contributed by atoms with Gasteiger partial charge in [-0.15, -0.1) is 6.58 Å². The van der Waals surface area contributed by atoms with Crippen molar-refractivity contribution in [1.29, 1.82) is 0 Å². The summed E-state index contributed by atoms with van der Waals surface area (Å²) < 4.78 is 0. The van der Waals surface area contributed by atoms with Gasteiger partial charge in [0.25, 0.3) is 0 Å². The summed E-state index contributed by atoms with van der Waals surface area (Å²) in [6, 6.07) is -1.25. The summed E-state index contributed by atoms with van der Waals surface area (Å²) >= 11 is 0. The molecule has 126 valence electrons. The van der Waals surface area contributed by atoms with Gasteiger partial charge in [-0.05, 0) is 29.6 Å². The predicted molar refractivity (Wildman–Crippen MR) is 87.5 cm³/mol. The van der Waals surface area contributed by atoms with E-state index in [2.05, 4.69) is 39.6 Å². The molecule has 4 N–H and O–H groups in total. The molecule has 0 aromatic rings. The van der Waals surface area contributed by atoms with Crippen LogP contribution >= 0.6 is 0 Å². The average Bonchev–Trinajstić information content (AvgIpc) is 2.63. The SMILES string of the molecule is C=CC(N)C(N[C@@H](C=O)CC(=O)O)C1C(C)(C)CCC1(C)C. The lowest BCUT2D eigenvalue weighted by atomic mass is 9.66. The number of hydrogen-bond donors (Lipinski definition) is 3. The zero-order valence-corrected chi connectivity index (χ0v) is 14.1. The monoisotopic (exact) mass is 310 g/mol. The van der Waals surface area contributed by atoms with E-state index in [9.17, 15) is 9.59 Å². The molecule has 0 aromatic carbocycles. The third-order valence-electron chi connectivity index (χ3n) is 5.11. The lowest BCUT2D eigenvalue weighted by Gasteiger charge is -2.44. The van der Waals surface area contributed by atoms with E-state index in [-0.39, 0.29) is 35.3 Å². The number of carboxylic acid groups (broad SMARTS) is 1. The maximum atomic E-state index is 11.2. The van der Waals surface area contributed by atoms with Crippen LogP contribution in [0.25, 0.3) is 0 Å². The van der Waals surface area contributed by atoms with Crippen LogP contribution in [0, 0.1) is 16.7 Å². The molecule has 0 amide bonds. The minimum absolute atomic E-state index is 0.0679. The Morgan fingerprint density at radius 1 is 1.36 bits per heavy atom. The summed E-state index contributed by atoms with van der Waals surface area (Å²) in [6.45, 7) is 12.6. The number of carboxylic acids is 1. The van der Waals surface area contributed by atoms with Gasteiger partial charge < -0.3 is 21.0 Å². The highest BCUT2D eigenvalue weighted by atomic mass is 16.4. The average molecular weight is 310 g/mol. The Bertz CT molecular complexity index is 416. The summed E-state index contributed by atoms with van der Waals surface area (Å²) in [6.07, 6.45) is 4.25. The Hall–Kier alpha value is -1.20. The fourth-order valence-corrected chi connectivity index (χ4v) is 4.14. The van der Waals surface area contributed by atoms with Crippen molar-refractivity contribution in [1.82, 2.24) is 5.32 Å². The van der Waals surface area contributed by atoms with Gasteiger partial charge in [0, 0.05) is 12.1 Å². The zero-order chi connectivity index (χ0) is 17.1. The van der Waals surface area contributed by atoms with Crippen LogP contribution in [0.2, 0.25) is 0 Å². The van der Waals surface area contributed by atoms with E-state index >= 15 is 0 Å². The summed E-state index contributed by atoms with van der Waals surface area (Å²) in [5.74, 6) is -0.773. The number of nitrogens with two attached hydrogens (primary N) is 1. The maximum Gasteiger partial charge on any atom is 0.305 e. The molecule has 1 saturated carbocycles. The number of carbonyl (C=O) groups is 2. The van der Waals surface area contributed by atoms with E-state index in [1.807, 2.05) is 0 Å². The molecule has 3 atom stereocenters. The summed E-state index contributed by atoms with van der Waals surface area (Å²) in [4.78, 5) is 22.1. The lowest BCUT2D eigenvalue weighted by molar-refractivity contribution is -0.138. The van der Waals surface area contributed by atoms with Gasteiger partial charge >= 0.3 is 5.97 Å². The Labute approximate surface area is 133 Å². The minimum atomic E-state index is -1.000. The third-order valence-corrected chi connectivity index (χ3v) is 5.11. The number of nitrogens with one attached hydrogen (secondary N) is 1. The van der Waals surface area contributed by atoms with Crippen molar-refractivity contribution in [3.05, 3.63) is 12.7 Å². The molecule has 0 radical (unpaired) electrons. The number of aliphatic carboxylic acids is 1. The topological polar surface area (TPSA) is 92.4 Å². The van der Waals surface area contributed by atoms with Gasteiger partial charge in [-0.25, -0.2) is 0 Å². The molecular weight excluding hydrogens is 280 g/mol. The first kappa shape index (κ1) is 18.8. The van der Waals surface area contributed by atoms with Gasteiger partial charge in [0.05, 0.1) is 12.5 Å². The fraction of sp³-hybridized carbons (Fsp3) is 0.765. The summed E-state index contributed by atoms with van der Waals surface area (Å²) in [5, 5.41) is 12.1. The van der Waals surface area contributed by atoms with Crippen LogP contribution in [0.4, 0.5) is 0 Å². The van der Waals surface area contributed by atoms with Crippen molar-refractivity contribution >= 4 is 12.3 Å². The van der Waals surface area contributed by atoms with Crippen LogP contribution < -0.4 is 11.1 Å². The van der Waals surface area contributed by atoms with E-state index in [1.165, 1.54) is 0 Å². The van der Waals surface area contributed by atoms with E-state index < -0.39 is 12.0 Å². The molecule has 1 aliphatic rings. The number of hydrogen-bond acceptors (Lipinski definition) is 4. The van der Waals surface area contributed by atoms with Crippen LogP contribution in [-0.2, 0) is 9.59 Å². The first-order valence-electron chi connectivity index (χ1n) is 7.86. The molecule has 0 heterocycles. The lowest BCUT2D eigenvalue weighted by Crippen LogP contribution is -2.58. The van der Waals surface area contributed by atoms with Crippen molar-refractivity contribution in [3.8, 4) is 0 Å². The Kier molecular flexibility index (Phi) is 5.93. The van der Waals surface area contributed by atoms with Gasteiger partial charge in [0.2, 0.25) is 0 Å². The predicted octanol–water partition coefficient (Wildman–Crippen LogP) is 1.96. The first-order chi connectivity index (χ1) is 10.0. The number of rotatable bonds is 8. The highest BCUT2D eigenvalue weighted by Gasteiger charge is 2.51. The Morgan fingerprint density at radius 3 is 2.23 bits per heavy atom. The normalized spacial score (nSPS) is 24.4. The van der Waals surface area contributed by atoms with Crippen molar-refractivity contribution in [2.75, 3.05) is 0 Å². The molecule has 1 rings (SSSR count). The van der Waals surface area contributed by atoms with Crippen molar-refractivity contribution in [2.45, 2.75) is 65.1 Å². The molecule has 5 nitrogen and oxygen atoms in total. The van der Waals surface area contributed by atoms with Crippen molar-refractivity contribution < 1.29 is 14.7 Å². The van der Waals surface area contributed by atoms with Gasteiger partial charge in [0.15, 0.2) is 0 Å². The van der Waals surface area contributed by atoms with Crippen LogP contribution in [0.1, 0.15) is 47.0 Å². The van der Waals surface area contributed by atoms with Crippen LogP contribution in [0.3, 0.4) is 0 Å². The molecule has 1 fully saturated rings. The number of carbonyl (C=O) groups excluding carboxylic acids is 1. The van der Waals surface area contributed by atoms with Crippen LogP contribution in [0.15, 0.2) is 12.7 Å². The van der Waals surface area contributed by atoms with Crippen molar-refractivity contribution in [2.24, 2.45) is 22.5 Å². The van der Waals surface area contributed by atoms with Crippen LogP contribution in [-0.4, -0.2) is 35.5 Å². The van der Waals surface area contributed by atoms with Gasteiger partial charge in [-0.3, -0.25) is 4.79 Å². The highest BCUT2D eigenvalue weighted by molar-refractivity contribution is 5.73. The van der Waals surface area contributed by atoms with E-state index in [4.69, 9.17) is 10.8 Å².